The van der Waals surface area contributed by atoms with E-state index in [1.54, 1.807) is 0 Å². The van der Waals surface area contributed by atoms with Crippen LogP contribution in [0.5, 0.6) is 0 Å². The van der Waals surface area contributed by atoms with Crippen molar-refractivity contribution < 1.29 is 80.2 Å². The van der Waals surface area contributed by atoms with Crippen LogP contribution in [0.3, 0.4) is 0 Å². The second kappa shape index (κ2) is 60.7. The molecule has 0 aromatic heterocycles. The molecule has 3 N–H and O–H groups in total. The number of aliphatic hydroxyl groups excluding tert-OH is 1. The fourth-order valence-corrected chi connectivity index (χ4v) is 12.2. The summed E-state index contributed by atoms with van der Waals surface area (Å²) in [5.74, 6) is 0.814. The van der Waals surface area contributed by atoms with E-state index in [-0.39, 0.29) is 25.7 Å². The van der Waals surface area contributed by atoms with Crippen LogP contribution in [0.1, 0.15) is 351 Å². The molecule has 90 heavy (non-hydrogen) atoms. The molecule has 0 aliphatic carbocycles. The maximum Gasteiger partial charge on any atom is 0.472 e. The van der Waals surface area contributed by atoms with Crippen LogP contribution in [-0.2, 0) is 65.4 Å². The first-order valence-corrected chi connectivity index (χ1v) is 39.7. The van der Waals surface area contributed by atoms with Crippen LogP contribution >= 0.6 is 15.6 Å². The average Bonchev–Trinajstić information content (AvgIpc) is 3.42. The second-order valence-corrected chi connectivity index (χ2v) is 30.4. The summed E-state index contributed by atoms with van der Waals surface area (Å²) in [6.45, 7) is 14.0. The minimum atomic E-state index is -4.95. The number of phosphoric acid groups is 2. The SMILES string of the molecule is CC(C)CCCCCCCCCCCCCCCCCC(=O)O[C@H](COC(=O)CCCCCCCCC(C)C)COP(=O)(O)OCC(O)COP(=O)(O)OC[C@@H](COC(=O)CCCCCCCCCCC(C)C)OC(=O)CCCCCCCCCCCC(C)C. The zero-order valence-corrected chi connectivity index (χ0v) is 60.6. The Hall–Kier alpha value is -1.94. The van der Waals surface area contributed by atoms with Gasteiger partial charge >= 0.3 is 39.5 Å². The van der Waals surface area contributed by atoms with Crippen molar-refractivity contribution in [1.82, 2.24) is 0 Å². The smallest absolute Gasteiger partial charge is 0.462 e. The lowest BCUT2D eigenvalue weighted by Gasteiger charge is -2.21. The molecule has 0 aromatic rings. The molecule has 3 unspecified atom stereocenters. The lowest BCUT2D eigenvalue weighted by molar-refractivity contribution is -0.161. The van der Waals surface area contributed by atoms with Gasteiger partial charge in [0.1, 0.15) is 19.3 Å². The molecule has 0 saturated carbocycles. The molecule has 0 aromatic carbocycles. The molecular weight excluding hydrogens is 1190 g/mol. The first kappa shape index (κ1) is 88.1. The predicted molar refractivity (Wildman–Crippen MR) is 363 cm³/mol. The maximum absolute atomic E-state index is 13.0. The standard InChI is InChI=1S/C71H138O17P2/c1-61(2)47-39-31-23-17-14-12-10-9-11-13-15-19-27-37-45-53-70(75)88-67(58-82-69(74)52-44-36-30-29-34-42-50-64(7)8)60-86-90(79,80)84-56-65(72)55-83-89(77,78)85-59-66(57-81-68(73)51-43-35-26-22-21-25-33-41-49-63(5)6)87-71(76)54-46-38-28-20-16-18-24-32-40-48-62(3)4/h61-67,72H,9-60H2,1-8H3,(H,77,78)(H,79,80)/t65?,66-,67-/m1/s1. The van der Waals surface area contributed by atoms with Gasteiger partial charge in [0, 0.05) is 25.7 Å². The Kier molecular flexibility index (Phi) is 59.4. The van der Waals surface area contributed by atoms with E-state index in [4.69, 9.17) is 37.0 Å². The number of esters is 4. The summed E-state index contributed by atoms with van der Waals surface area (Å²) in [4.78, 5) is 72.5. The highest BCUT2D eigenvalue weighted by Crippen LogP contribution is 2.45. The van der Waals surface area contributed by atoms with E-state index in [1.165, 1.54) is 148 Å². The number of hydrogen-bond donors (Lipinski definition) is 3. The van der Waals surface area contributed by atoms with Crippen LogP contribution in [0, 0.1) is 23.7 Å². The van der Waals surface area contributed by atoms with Crippen LogP contribution in [0.15, 0.2) is 0 Å². The first-order valence-electron chi connectivity index (χ1n) is 36.7. The third kappa shape index (κ3) is 64.8. The summed E-state index contributed by atoms with van der Waals surface area (Å²) in [6, 6.07) is 0. The van der Waals surface area contributed by atoms with E-state index >= 15 is 0 Å². The fourth-order valence-electron chi connectivity index (χ4n) is 10.7. The zero-order chi connectivity index (χ0) is 66.8. The second-order valence-electron chi connectivity index (χ2n) is 27.5. The Labute approximate surface area is 549 Å². The van der Waals surface area contributed by atoms with E-state index in [1.807, 2.05) is 0 Å². The molecule has 534 valence electrons. The minimum Gasteiger partial charge on any atom is -0.462 e. The Balaban J connectivity index is 5.21. The number of aliphatic hydroxyl groups is 1. The van der Waals surface area contributed by atoms with Gasteiger partial charge in [0.25, 0.3) is 0 Å². The van der Waals surface area contributed by atoms with E-state index in [0.717, 1.165) is 114 Å². The molecule has 0 aliphatic heterocycles. The third-order valence-electron chi connectivity index (χ3n) is 16.3. The number of carbonyl (C=O) groups excluding carboxylic acids is 4. The number of hydrogen-bond acceptors (Lipinski definition) is 15. The van der Waals surface area contributed by atoms with E-state index < -0.39 is 97.5 Å². The van der Waals surface area contributed by atoms with Gasteiger partial charge in [0.05, 0.1) is 26.4 Å². The van der Waals surface area contributed by atoms with E-state index in [0.29, 0.717) is 31.6 Å². The van der Waals surface area contributed by atoms with Gasteiger partial charge in [-0.2, -0.15) is 0 Å². The normalized spacial score (nSPS) is 14.3. The van der Waals surface area contributed by atoms with Crippen molar-refractivity contribution in [3.8, 4) is 0 Å². The van der Waals surface area contributed by atoms with Crippen molar-refractivity contribution in [2.75, 3.05) is 39.6 Å². The molecule has 0 saturated heterocycles. The highest BCUT2D eigenvalue weighted by molar-refractivity contribution is 7.47. The number of carbonyl (C=O) groups is 4. The largest absolute Gasteiger partial charge is 0.472 e. The quantitative estimate of drug-likeness (QED) is 0.0222. The minimum absolute atomic E-state index is 0.104. The molecule has 0 bridgehead atoms. The van der Waals surface area contributed by atoms with Gasteiger partial charge in [-0.25, -0.2) is 9.13 Å². The Morgan fingerprint density at radius 3 is 0.689 bits per heavy atom. The van der Waals surface area contributed by atoms with Crippen molar-refractivity contribution >= 4 is 39.5 Å². The highest BCUT2D eigenvalue weighted by Gasteiger charge is 2.30. The molecule has 0 spiro atoms. The first-order chi connectivity index (χ1) is 43.1. The molecule has 0 aliphatic rings. The van der Waals surface area contributed by atoms with Crippen LogP contribution in [0.25, 0.3) is 0 Å². The van der Waals surface area contributed by atoms with Crippen molar-refractivity contribution in [3.63, 3.8) is 0 Å². The molecule has 19 heteroatoms. The fraction of sp³-hybridized carbons (Fsp3) is 0.944. The Morgan fingerprint density at radius 2 is 0.467 bits per heavy atom. The third-order valence-corrected chi connectivity index (χ3v) is 18.2. The topological polar surface area (TPSA) is 237 Å². The summed E-state index contributed by atoms with van der Waals surface area (Å²) in [5.41, 5.74) is 0. The van der Waals surface area contributed by atoms with Crippen LogP contribution < -0.4 is 0 Å². The maximum atomic E-state index is 13.0. The molecule has 0 heterocycles. The summed E-state index contributed by atoms with van der Waals surface area (Å²) >= 11 is 0. The molecule has 0 rings (SSSR count). The van der Waals surface area contributed by atoms with Gasteiger partial charge < -0.3 is 33.8 Å². The van der Waals surface area contributed by atoms with Gasteiger partial charge in [0.15, 0.2) is 12.2 Å². The average molecular weight is 1330 g/mol. The summed E-state index contributed by atoms with van der Waals surface area (Å²) in [6.07, 6.45) is 43.3. The van der Waals surface area contributed by atoms with Crippen LogP contribution in [0.2, 0.25) is 0 Å². The van der Waals surface area contributed by atoms with Gasteiger partial charge in [-0.3, -0.25) is 37.3 Å². The van der Waals surface area contributed by atoms with E-state index in [2.05, 4.69) is 55.4 Å². The predicted octanol–water partition coefficient (Wildman–Crippen LogP) is 20.1. The van der Waals surface area contributed by atoms with Gasteiger partial charge in [-0.15, -0.1) is 0 Å². The molecule has 5 atom stereocenters. The lowest BCUT2D eigenvalue weighted by atomic mass is 10.0. The van der Waals surface area contributed by atoms with E-state index in [9.17, 15) is 43.2 Å². The van der Waals surface area contributed by atoms with Crippen molar-refractivity contribution in [3.05, 3.63) is 0 Å². The lowest BCUT2D eigenvalue weighted by Crippen LogP contribution is -2.30. The van der Waals surface area contributed by atoms with Crippen molar-refractivity contribution in [1.29, 1.82) is 0 Å². The Morgan fingerprint density at radius 1 is 0.278 bits per heavy atom. The van der Waals surface area contributed by atoms with Crippen LogP contribution in [0.4, 0.5) is 0 Å². The highest BCUT2D eigenvalue weighted by atomic mass is 31.2. The van der Waals surface area contributed by atoms with Gasteiger partial charge in [-0.05, 0) is 49.4 Å². The Bertz CT molecular complexity index is 1780. The van der Waals surface area contributed by atoms with Crippen LogP contribution in [-0.4, -0.2) is 96.7 Å². The zero-order valence-electron chi connectivity index (χ0n) is 58.8. The van der Waals surface area contributed by atoms with Gasteiger partial charge in [-0.1, -0.05) is 299 Å². The number of phosphoric ester groups is 2. The molecule has 17 nitrogen and oxygen atoms in total. The van der Waals surface area contributed by atoms with Crippen molar-refractivity contribution in [2.45, 2.75) is 369 Å². The molecule has 0 radical (unpaired) electrons. The monoisotopic (exact) mass is 1320 g/mol. The summed E-state index contributed by atoms with van der Waals surface area (Å²) < 4.78 is 68.3. The molecular formula is C71H138O17P2. The van der Waals surface area contributed by atoms with Crippen molar-refractivity contribution in [2.24, 2.45) is 23.7 Å². The van der Waals surface area contributed by atoms with Gasteiger partial charge in [0.2, 0.25) is 0 Å². The number of ether oxygens (including phenoxy) is 4. The molecule has 0 amide bonds. The summed E-state index contributed by atoms with van der Waals surface area (Å²) in [7, 11) is -9.90. The number of unbranched alkanes of at least 4 members (excludes halogenated alkanes) is 34. The summed E-state index contributed by atoms with van der Waals surface area (Å²) in [5, 5.41) is 10.6. The number of rotatable bonds is 68. The molecule has 0 fully saturated rings.